The van der Waals surface area contributed by atoms with Crippen molar-refractivity contribution in [3.8, 4) is 0 Å². The van der Waals surface area contributed by atoms with Crippen LogP contribution in [-0.2, 0) is 4.74 Å². The van der Waals surface area contributed by atoms with Crippen molar-refractivity contribution < 1.29 is 18.7 Å². The Morgan fingerprint density at radius 2 is 1.75 bits per heavy atom. The number of carbonyl (C=O) groups excluding carboxylic acids is 2. The minimum absolute atomic E-state index is 0.187. The Labute approximate surface area is 151 Å². The third-order valence-electron chi connectivity index (χ3n) is 2.59. The molecule has 0 saturated heterocycles. The number of carbonyl (C=O) groups is 2. The minimum atomic E-state index is -0.701. The normalized spacial score (nSPS) is 11.0. The van der Waals surface area contributed by atoms with Crippen molar-refractivity contribution in [3.05, 3.63) is 44.8 Å². The minimum Gasteiger partial charge on any atom is -0.444 e. The van der Waals surface area contributed by atoms with Crippen molar-refractivity contribution in [3.63, 3.8) is 0 Å². The van der Waals surface area contributed by atoms with Gasteiger partial charge in [-0.15, -0.1) is 11.3 Å². The van der Waals surface area contributed by atoms with Gasteiger partial charge in [-0.25, -0.2) is 9.18 Å². The molecule has 0 saturated carbocycles. The number of anilines is 2. The molecule has 0 unspecified atom stereocenters. The fraction of sp³-hybridized carbons (Fsp3) is 0.250. The molecule has 0 aliphatic carbocycles. The van der Waals surface area contributed by atoms with Gasteiger partial charge in [-0.1, -0.05) is 0 Å². The molecule has 0 radical (unpaired) electrons. The average Bonchev–Trinajstić information content (AvgIpc) is 2.82. The molecule has 5 nitrogen and oxygen atoms in total. The van der Waals surface area contributed by atoms with Gasteiger partial charge in [0.1, 0.15) is 11.4 Å². The summed E-state index contributed by atoms with van der Waals surface area (Å²) in [6, 6.07) is 5.43. The molecular weight excluding hydrogens is 399 g/mol. The van der Waals surface area contributed by atoms with Crippen LogP contribution >= 0.6 is 27.3 Å². The lowest BCUT2D eigenvalue weighted by Crippen LogP contribution is -2.27. The Hall–Kier alpha value is -1.93. The van der Waals surface area contributed by atoms with Gasteiger partial charge in [-0.2, -0.15) is 0 Å². The van der Waals surface area contributed by atoms with Crippen LogP contribution in [-0.4, -0.2) is 17.6 Å². The summed E-state index contributed by atoms with van der Waals surface area (Å²) in [6.07, 6.45) is -0.701. The molecule has 1 aromatic heterocycles. The first-order valence-electron chi connectivity index (χ1n) is 6.98. The third-order valence-corrected chi connectivity index (χ3v) is 4.28. The molecule has 0 aliphatic rings. The van der Waals surface area contributed by atoms with Gasteiger partial charge in [0.15, 0.2) is 0 Å². The van der Waals surface area contributed by atoms with Gasteiger partial charge in [-0.05, 0) is 61.0 Å². The van der Waals surface area contributed by atoms with Crippen molar-refractivity contribution in [1.82, 2.24) is 0 Å². The molecule has 2 amide bonds. The smallest absolute Gasteiger partial charge is 0.412 e. The van der Waals surface area contributed by atoms with Crippen LogP contribution in [0.3, 0.4) is 0 Å². The van der Waals surface area contributed by atoms with Crippen molar-refractivity contribution >= 4 is 50.6 Å². The standard InChI is InChI=1S/C16H16BrFN2O3S/c1-16(2,3)23-15(22)20-12-6-10(18)5-11(7-12)19-14(21)13-4-9(17)8-24-13/h4-8H,1-3H3,(H,19,21)(H,20,22). The number of amides is 2. The predicted octanol–water partition coefficient (Wildman–Crippen LogP) is 5.25. The molecule has 128 valence electrons. The maximum absolute atomic E-state index is 13.7. The van der Waals surface area contributed by atoms with Gasteiger partial charge < -0.3 is 10.1 Å². The Bertz CT molecular complexity index is 771. The Kier molecular flexibility index (Phi) is 5.61. The number of halogens is 2. The molecule has 8 heteroatoms. The zero-order chi connectivity index (χ0) is 17.9. The van der Waals surface area contributed by atoms with Gasteiger partial charge in [0.05, 0.1) is 4.88 Å². The first kappa shape index (κ1) is 18.4. The van der Waals surface area contributed by atoms with Crippen molar-refractivity contribution in [2.75, 3.05) is 10.6 Å². The maximum atomic E-state index is 13.7. The third kappa shape index (κ3) is 5.61. The number of benzene rings is 1. The number of hydrogen-bond acceptors (Lipinski definition) is 4. The van der Waals surface area contributed by atoms with E-state index in [9.17, 15) is 14.0 Å². The predicted molar refractivity (Wildman–Crippen MR) is 96.2 cm³/mol. The van der Waals surface area contributed by atoms with Gasteiger partial charge in [-0.3, -0.25) is 10.1 Å². The first-order valence-corrected chi connectivity index (χ1v) is 8.66. The monoisotopic (exact) mass is 414 g/mol. The number of hydrogen-bond donors (Lipinski definition) is 2. The van der Waals surface area contributed by atoms with Crippen LogP contribution < -0.4 is 10.6 Å². The van der Waals surface area contributed by atoms with Gasteiger partial charge in [0, 0.05) is 21.2 Å². The Morgan fingerprint density at radius 3 is 2.29 bits per heavy atom. The molecule has 1 aromatic carbocycles. The largest absolute Gasteiger partial charge is 0.444 e. The summed E-state index contributed by atoms with van der Waals surface area (Å²) >= 11 is 4.53. The molecule has 0 aliphatic heterocycles. The quantitative estimate of drug-likeness (QED) is 0.720. The highest BCUT2D eigenvalue weighted by Crippen LogP contribution is 2.23. The average molecular weight is 415 g/mol. The molecule has 2 N–H and O–H groups in total. The fourth-order valence-corrected chi connectivity index (χ4v) is 3.10. The zero-order valence-electron chi connectivity index (χ0n) is 13.3. The lowest BCUT2D eigenvalue weighted by molar-refractivity contribution is 0.0636. The van der Waals surface area contributed by atoms with E-state index in [0.717, 1.165) is 10.5 Å². The van der Waals surface area contributed by atoms with Gasteiger partial charge >= 0.3 is 6.09 Å². The summed E-state index contributed by atoms with van der Waals surface area (Å²) in [4.78, 5) is 24.3. The number of thiophene rings is 1. The van der Waals surface area contributed by atoms with Crippen LogP contribution in [0.1, 0.15) is 30.4 Å². The molecular formula is C16H16BrFN2O3S. The molecule has 0 atom stereocenters. The number of rotatable bonds is 3. The van der Waals surface area contributed by atoms with E-state index in [0.29, 0.717) is 4.88 Å². The fourth-order valence-electron chi connectivity index (χ4n) is 1.78. The summed E-state index contributed by atoms with van der Waals surface area (Å²) in [5, 5.41) is 6.81. The van der Waals surface area contributed by atoms with Crippen LogP contribution in [0.4, 0.5) is 20.6 Å². The van der Waals surface area contributed by atoms with Gasteiger partial charge in [0.25, 0.3) is 5.91 Å². The van der Waals surface area contributed by atoms with E-state index in [1.54, 1.807) is 32.2 Å². The summed E-state index contributed by atoms with van der Waals surface area (Å²) in [6.45, 7) is 5.18. The second kappa shape index (κ2) is 7.31. The maximum Gasteiger partial charge on any atom is 0.412 e. The van der Waals surface area contributed by atoms with Crippen LogP contribution in [0, 0.1) is 5.82 Å². The van der Waals surface area contributed by atoms with E-state index in [1.165, 1.54) is 23.5 Å². The molecule has 24 heavy (non-hydrogen) atoms. The van der Waals surface area contributed by atoms with E-state index in [4.69, 9.17) is 4.74 Å². The van der Waals surface area contributed by atoms with E-state index in [1.807, 2.05) is 0 Å². The summed E-state index contributed by atoms with van der Waals surface area (Å²) in [7, 11) is 0. The molecule has 2 rings (SSSR count). The zero-order valence-corrected chi connectivity index (χ0v) is 15.7. The Morgan fingerprint density at radius 1 is 1.12 bits per heavy atom. The van der Waals surface area contributed by atoms with Crippen LogP contribution in [0.15, 0.2) is 34.1 Å². The Balaban J connectivity index is 2.10. The van der Waals surface area contributed by atoms with Crippen LogP contribution in [0.25, 0.3) is 0 Å². The SMILES string of the molecule is CC(C)(C)OC(=O)Nc1cc(F)cc(NC(=O)c2cc(Br)cs2)c1. The van der Waals surface area contributed by atoms with Crippen LogP contribution in [0.5, 0.6) is 0 Å². The second-order valence-electron chi connectivity index (χ2n) is 5.94. The second-order valence-corrected chi connectivity index (χ2v) is 7.77. The lowest BCUT2D eigenvalue weighted by atomic mass is 10.2. The summed E-state index contributed by atoms with van der Waals surface area (Å²) in [5.74, 6) is -0.953. The first-order chi connectivity index (χ1) is 11.1. The van der Waals surface area contributed by atoms with Gasteiger partial charge in [0.2, 0.25) is 0 Å². The van der Waals surface area contributed by atoms with Crippen molar-refractivity contribution in [2.45, 2.75) is 26.4 Å². The van der Waals surface area contributed by atoms with Crippen molar-refractivity contribution in [1.29, 1.82) is 0 Å². The van der Waals surface area contributed by atoms with E-state index < -0.39 is 17.5 Å². The summed E-state index contributed by atoms with van der Waals surface area (Å²) in [5.41, 5.74) is -0.247. The van der Waals surface area contributed by atoms with E-state index in [2.05, 4.69) is 26.6 Å². The number of nitrogens with one attached hydrogen (secondary N) is 2. The molecule has 1 heterocycles. The highest BCUT2D eigenvalue weighted by molar-refractivity contribution is 9.10. The summed E-state index contributed by atoms with van der Waals surface area (Å²) < 4.78 is 19.6. The van der Waals surface area contributed by atoms with E-state index in [-0.39, 0.29) is 17.3 Å². The molecule has 0 fully saturated rings. The van der Waals surface area contributed by atoms with Crippen molar-refractivity contribution in [2.24, 2.45) is 0 Å². The highest BCUT2D eigenvalue weighted by atomic mass is 79.9. The number of ether oxygens (including phenoxy) is 1. The van der Waals surface area contributed by atoms with Crippen LogP contribution in [0.2, 0.25) is 0 Å². The lowest BCUT2D eigenvalue weighted by Gasteiger charge is -2.19. The molecule has 0 spiro atoms. The highest BCUT2D eigenvalue weighted by Gasteiger charge is 2.17. The molecule has 2 aromatic rings. The topological polar surface area (TPSA) is 67.4 Å². The molecule has 0 bridgehead atoms. The van der Waals surface area contributed by atoms with E-state index >= 15 is 0 Å².